The Hall–Kier alpha value is 0.314. The molecule has 0 amide bonds. The van der Waals surface area contributed by atoms with Crippen molar-refractivity contribution in [3.05, 3.63) is 0 Å². The Bertz CT molecular complexity index is 152. The average Bonchev–Trinajstić information content (AvgIpc) is 2.02. The van der Waals surface area contributed by atoms with Crippen LogP contribution in [0, 0.1) is 0 Å². The maximum absolute atomic E-state index is 5.86. The number of rotatable bonds is 5. The van der Waals surface area contributed by atoms with Gasteiger partial charge in [0, 0.05) is 26.5 Å². The van der Waals surface area contributed by atoms with Crippen LogP contribution in [0.1, 0.15) is 6.92 Å². The van der Waals surface area contributed by atoms with Crippen molar-refractivity contribution in [3.8, 4) is 0 Å². The molecule has 0 spiro atoms. The number of hydrogen-bond acceptors (Lipinski definition) is 3. The van der Waals surface area contributed by atoms with Gasteiger partial charge in [0.2, 0.25) is 0 Å². The Morgan fingerprint density at radius 1 is 0.923 bits per heavy atom. The van der Waals surface area contributed by atoms with Crippen LogP contribution in [-0.2, 0) is 13.3 Å². The highest BCUT2D eigenvalue weighted by Crippen LogP contribution is 2.17. The van der Waals surface area contributed by atoms with Crippen molar-refractivity contribution >= 4 is 16.9 Å². The van der Waals surface area contributed by atoms with Gasteiger partial charge < -0.3 is 13.3 Å². The van der Waals surface area contributed by atoms with E-state index in [1.165, 1.54) is 0 Å². The van der Waals surface area contributed by atoms with E-state index in [0.29, 0.717) is 0 Å². The fraction of sp³-hybridized carbons (Fsp3) is 1.00. The molecule has 1 atom stereocenters. The van der Waals surface area contributed by atoms with E-state index in [1.54, 1.807) is 14.2 Å². The fourth-order valence-corrected chi connectivity index (χ4v) is 3.74. The first-order valence-electron chi connectivity index (χ1n) is 4.53. The molecule has 1 unspecified atom stereocenters. The van der Waals surface area contributed by atoms with Gasteiger partial charge in [-0.05, 0) is 6.92 Å². The maximum atomic E-state index is 5.86. The molecule has 0 aliphatic rings. The largest absolute Gasteiger partial charge is 0.497 e. The predicted molar refractivity (Wildman–Crippen MR) is 59.5 cm³/mol. The minimum absolute atomic E-state index is 0.268. The van der Waals surface area contributed by atoms with Crippen LogP contribution in [0.5, 0.6) is 0 Å². The zero-order chi connectivity index (χ0) is 10.7. The Balaban J connectivity index is 4.25. The summed E-state index contributed by atoms with van der Waals surface area (Å²) in [5, 5.41) is 0. The molecule has 0 aliphatic heterocycles. The molecule has 0 N–H and O–H groups in total. The van der Waals surface area contributed by atoms with Gasteiger partial charge in [0.15, 0.2) is 0 Å². The van der Waals surface area contributed by atoms with Gasteiger partial charge in [0.1, 0.15) is 0 Å². The highest BCUT2D eigenvalue weighted by molar-refractivity contribution is 6.78. The third-order valence-electron chi connectivity index (χ3n) is 2.35. The van der Waals surface area contributed by atoms with Crippen molar-refractivity contribution in [2.45, 2.75) is 38.8 Å². The van der Waals surface area contributed by atoms with Crippen LogP contribution in [0.3, 0.4) is 0 Å². The van der Waals surface area contributed by atoms with Gasteiger partial charge in [-0.25, -0.2) is 0 Å². The lowest BCUT2D eigenvalue weighted by Gasteiger charge is -2.32. The smallest absolute Gasteiger partial charge is 0.377 e. The molecular weight excluding hydrogens is 200 g/mol. The van der Waals surface area contributed by atoms with E-state index in [4.69, 9.17) is 13.3 Å². The van der Waals surface area contributed by atoms with Crippen molar-refractivity contribution in [1.29, 1.82) is 0 Å². The molecule has 0 aromatic rings. The van der Waals surface area contributed by atoms with Gasteiger partial charge in [-0.3, -0.25) is 0 Å². The SMILES string of the molecule is CO[Si](C)(OC)OC(C)[Si](C)(C)C. The second kappa shape index (κ2) is 4.70. The zero-order valence-corrected chi connectivity index (χ0v) is 11.8. The Kier molecular flexibility index (Phi) is 4.81. The molecule has 13 heavy (non-hydrogen) atoms. The van der Waals surface area contributed by atoms with E-state index in [9.17, 15) is 0 Å². The Morgan fingerprint density at radius 3 is 1.54 bits per heavy atom. The Morgan fingerprint density at radius 2 is 1.31 bits per heavy atom. The minimum atomic E-state index is -2.34. The first kappa shape index (κ1) is 13.3. The van der Waals surface area contributed by atoms with Crippen LogP contribution in [0.4, 0.5) is 0 Å². The van der Waals surface area contributed by atoms with Crippen LogP contribution in [-0.4, -0.2) is 36.8 Å². The molecule has 0 aromatic heterocycles. The molecule has 0 saturated carbocycles. The van der Waals surface area contributed by atoms with Crippen molar-refractivity contribution in [1.82, 2.24) is 0 Å². The normalized spacial score (nSPS) is 15.9. The van der Waals surface area contributed by atoms with E-state index in [0.717, 1.165) is 0 Å². The van der Waals surface area contributed by atoms with Crippen molar-refractivity contribution in [2.75, 3.05) is 14.2 Å². The summed E-state index contributed by atoms with van der Waals surface area (Å²) in [6.45, 7) is 10.9. The lowest BCUT2D eigenvalue weighted by atomic mass is 10.9. The molecule has 0 saturated heterocycles. The van der Waals surface area contributed by atoms with Gasteiger partial charge in [0.25, 0.3) is 0 Å². The molecule has 0 bridgehead atoms. The minimum Gasteiger partial charge on any atom is -0.377 e. The Labute approximate surface area is 83.8 Å². The van der Waals surface area contributed by atoms with Crippen LogP contribution in [0.25, 0.3) is 0 Å². The quantitative estimate of drug-likeness (QED) is 0.667. The molecule has 0 aliphatic carbocycles. The predicted octanol–water partition coefficient (Wildman–Crippen LogP) is 2.13. The summed E-state index contributed by atoms with van der Waals surface area (Å²) in [6, 6.07) is 0. The monoisotopic (exact) mass is 222 g/mol. The van der Waals surface area contributed by atoms with Gasteiger partial charge in [-0.2, -0.15) is 0 Å². The molecule has 0 aromatic carbocycles. The first-order chi connectivity index (χ1) is 5.75. The summed E-state index contributed by atoms with van der Waals surface area (Å²) in [7, 11) is -0.295. The van der Waals surface area contributed by atoms with Crippen LogP contribution in [0.2, 0.25) is 26.2 Å². The van der Waals surface area contributed by atoms with Crippen molar-refractivity contribution < 1.29 is 13.3 Å². The lowest BCUT2D eigenvalue weighted by molar-refractivity contribution is 0.0942. The highest BCUT2D eigenvalue weighted by atomic mass is 28.4. The van der Waals surface area contributed by atoms with Crippen LogP contribution < -0.4 is 0 Å². The summed E-state index contributed by atoms with van der Waals surface area (Å²) in [5.41, 5.74) is 0.268. The molecule has 0 heterocycles. The lowest BCUT2D eigenvalue weighted by Crippen LogP contribution is -2.50. The third-order valence-corrected chi connectivity index (χ3v) is 7.41. The fourth-order valence-electron chi connectivity index (χ4n) is 0.677. The van der Waals surface area contributed by atoms with Gasteiger partial charge >= 0.3 is 8.80 Å². The molecule has 5 heteroatoms. The highest BCUT2D eigenvalue weighted by Gasteiger charge is 2.37. The van der Waals surface area contributed by atoms with Crippen molar-refractivity contribution in [2.24, 2.45) is 0 Å². The summed E-state index contributed by atoms with van der Waals surface area (Å²) >= 11 is 0. The molecule has 0 rings (SSSR count). The summed E-state index contributed by atoms with van der Waals surface area (Å²) in [6.07, 6.45) is 0. The molecule has 80 valence electrons. The topological polar surface area (TPSA) is 27.7 Å². The van der Waals surface area contributed by atoms with Crippen LogP contribution >= 0.6 is 0 Å². The standard InChI is InChI=1S/C8H22O3Si2/c1-8(12(4,5)6)11-13(7,9-2)10-3/h8H,1-7H3. The molecular formula is C8H22O3Si2. The van der Waals surface area contributed by atoms with Crippen molar-refractivity contribution in [3.63, 3.8) is 0 Å². The molecule has 0 fully saturated rings. The summed E-state index contributed by atoms with van der Waals surface area (Å²) < 4.78 is 16.4. The number of hydrogen-bond donors (Lipinski definition) is 0. The maximum Gasteiger partial charge on any atom is 0.497 e. The van der Waals surface area contributed by atoms with Gasteiger partial charge in [-0.15, -0.1) is 0 Å². The third kappa shape index (κ3) is 4.37. The van der Waals surface area contributed by atoms with E-state index >= 15 is 0 Å². The van der Waals surface area contributed by atoms with E-state index in [2.05, 4.69) is 26.6 Å². The second-order valence-electron chi connectivity index (χ2n) is 4.40. The van der Waals surface area contributed by atoms with Gasteiger partial charge in [0.05, 0.1) is 8.07 Å². The van der Waals surface area contributed by atoms with Crippen LogP contribution in [0.15, 0.2) is 0 Å². The summed E-state index contributed by atoms with van der Waals surface area (Å²) in [5.74, 6) is 0. The van der Waals surface area contributed by atoms with Gasteiger partial charge in [-0.1, -0.05) is 19.6 Å². The second-order valence-corrected chi connectivity index (χ2v) is 12.7. The molecule has 3 nitrogen and oxygen atoms in total. The van der Waals surface area contributed by atoms with E-state index < -0.39 is 16.9 Å². The average molecular weight is 222 g/mol. The van der Waals surface area contributed by atoms with E-state index in [-0.39, 0.29) is 5.73 Å². The first-order valence-corrected chi connectivity index (χ1v) is 10.3. The zero-order valence-electron chi connectivity index (χ0n) is 9.80. The molecule has 0 radical (unpaired) electrons. The van der Waals surface area contributed by atoms with E-state index in [1.807, 2.05) is 6.55 Å². The summed E-state index contributed by atoms with van der Waals surface area (Å²) in [4.78, 5) is 0.